The zero-order valence-corrected chi connectivity index (χ0v) is 11.0. The molecule has 2 aromatic rings. The third-order valence-corrected chi connectivity index (χ3v) is 3.65. The average molecular weight is 281 g/mol. The van der Waals surface area contributed by atoms with Gasteiger partial charge in [-0.2, -0.15) is 4.80 Å². The lowest BCUT2D eigenvalue weighted by atomic mass is 10.2. The highest BCUT2D eigenvalue weighted by molar-refractivity contribution is 7.92. The van der Waals surface area contributed by atoms with Crippen LogP contribution in [0.1, 0.15) is 17.3 Å². The first-order valence-corrected chi connectivity index (χ1v) is 6.74. The molecule has 0 aliphatic heterocycles. The summed E-state index contributed by atoms with van der Waals surface area (Å²) in [5.74, 6) is -0.245. The zero-order valence-electron chi connectivity index (χ0n) is 10.2. The van der Waals surface area contributed by atoms with Crippen LogP contribution >= 0.6 is 0 Å². The van der Waals surface area contributed by atoms with Crippen molar-refractivity contribution in [2.45, 2.75) is 11.8 Å². The van der Waals surface area contributed by atoms with Crippen LogP contribution in [0, 0.1) is 0 Å². The van der Waals surface area contributed by atoms with Gasteiger partial charge in [-0.05, 0) is 24.3 Å². The minimum absolute atomic E-state index is 0.0185. The van der Waals surface area contributed by atoms with Crippen molar-refractivity contribution in [3.63, 3.8) is 0 Å². The topological polar surface area (TPSA) is 107 Å². The Morgan fingerprint density at radius 3 is 2.37 bits per heavy atom. The van der Waals surface area contributed by atoms with Crippen LogP contribution in [0.15, 0.2) is 29.2 Å². The van der Waals surface area contributed by atoms with Crippen LogP contribution in [-0.2, 0) is 17.1 Å². The number of rotatable bonds is 4. The van der Waals surface area contributed by atoms with Gasteiger partial charge in [-0.15, -0.1) is 5.10 Å². The van der Waals surface area contributed by atoms with Gasteiger partial charge in [0.05, 0.1) is 11.9 Å². The fourth-order valence-electron chi connectivity index (χ4n) is 1.37. The number of ketones is 1. The number of sulfonamides is 1. The summed E-state index contributed by atoms with van der Waals surface area (Å²) in [4.78, 5) is 12.3. The second kappa shape index (κ2) is 4.76. The predicted molar refractivity (Wildman–Crippen MR) is 66.1 cm³/mol. The van der Waals surface area contributed by atoms with E-state index in [2.05, 4.69) is 20.1 Å². The molecule has 0 radical (unpaired) electrons. The number of anilines is 1. The fourth-order valence-corrected chi connectivity index (χ4v) is 2.31. The van der Waals surface area contributed by atoms with Crippen LogP contribution in [0.25, 0.3) is 0 Å². The van der Waals surface area contributed by atoms with Gasteiger partial charge in [-0.3, -0.25) is 4.79 Å². The van der Waals surface area contributed by atoms with E-state index in [-0.39, 0.29) is 16.6 Å². The Morgan fingerprint density at radius 1 is 1.26 bits per heavy atom. The number of Topliss-reactive ketones (excluding diaryl/α,β-unsaturated/α-hetero) is 1. The largest absolute Gasteiger partial charge is 0.295 e. The summed E-state index contributed by atoms with van der Waals surface area (Å²) in [7, 11) is -2.26. The third-order valence-electron chi connectivity index (χ3n) is 2.31. The fraction of sp³-hybridized carbons (Fsp3) is 0.200. The first-order chi connectivity index (χ1) is 8.88. The number of carbonyl (C=O) groups is 1. The van der Waals surface area contributed by atoms with E-state index >= 15 is 0 Å². The van der Waals surface area contributed by atoms with Crippen LogP contribution in [-0.4, -0.2) is 34.4 Å². The van der Waals surface area contributed by atoms with Gasteiger partial charge >= 0.3 is 0 Å². The number of nitrogens with one attached hydrogen (secondary N) is 1. The predicted octanol–water partition coefficient (Wildman–Crippen LogP) is 0.213. The molecule has 1 aromatic carbocycles. The molecule has 0 saturated carbocycles. The van der Waals surface area contributed by atoms with Gasteiger partial charge in [0.15, 0.2) is 5.78 Å². The zero-order chi connectivity index (χ0) is 14.0. The summed E-state index contributed by atoms with van der Waals surface area (Å²) in [5.41, 5.74) is 0.441. The first-order valence-electron chi connectivity index (χ1n) is 5.26. The third kappa shape index (κ3) is 2.94. The molecule has 0 fully saturated rings. The molecule has 100 valence electrons. The molecule has 1 aromatic heterocycles. The van der Waals surface area contributed by atoms with Crippen molar-refractivity contribution in [1.29, 1.82) is 0 Å². The summed E-state index contributed by atoms with van der Waals surface area (Å²) < 4.78 is 26.1. The van der Waals surface area contributed by atoms with E-state index in [1.807, 2.05) is 0 Å². The van der Waals surface area contributed by atoms with Crippen molar-refractivity contribution in [3.8, 4) is 0 Å². The first kappa shape index (κ1) is 13.1. The van der Waals surface area contributed by atoms with E-state index in [9.17, 15) is 13.2 Å². The monoisotopic (exact) mass is 281 g/mol. The molecule has 0 spiro atoms. The molecule has 19 heavy (non-hydrogen) atoms. The van der Waals surface area contributed by atoms with Crippen molar-refractivity contribution in [2.24, 2.45) is 7.05 Å². The number of benzene rings is 1. The maximum atomic E-state index is 12.0. The number of hydrogen-bond acceptors (Lipinski definition) is 6. The number of nitrogens with zero attached hydrogens (tertiary/aromatic N) is 4. The van der Waals surface area contributed by atoms with Gasteiger partial charge in [0.25, 0.3) is 16.0 Å². The van der Waals surface area contributed by atoms with E-state index in [4.69, 9.17) is 0 Å². The molecule has 9 heteroatoms. The molecular formula is C10H11N5O3S. The van der Waals surface area contributed by atoms with Crippen LogP contribution in [0.4, 0.5) is 5.95 Å². The minimum Gasteiger partial charge on any atom is -0.295 e. The molecular weight excluding hydrogens is 270 g/mol. The highest BCUT2D eigenvalue weighted by atomic mass is 32.2. The maximum absolute atomic E-state index is 12.0. The number of hydrogen-bond donors (Lipinski definition) is 1. The van der Waals surface area contributed by atoms with Crippen LogP contribution in [0.3, 0.4) is 0 Å². The Morgan fingerprint density at radius 2 is 1.89 bits per heavy atom. The lowest BCUT2D eigenvalue weighted by Gasteiger charge is -2.04. The second-order valence-corrected chi connectivity index (χ2v) is 5.47. The van der Waals surface area contributed by atoms with E-state index in [0.717, 1.165) is 4.80 Å². The number of aromatic nitrogens is 4. The summed E-state index contributed by atoms with van der Waals surface area (Å²) in [6.07, 6.45) is 0. The lowest BCUT2D eigenvalue weighted by molar-refractivity contribution is 0.101. The molecule has 1 N–H and O–H groups in total. The van der Waals surface area contributed by atoms with Gasteiger partial charge < -0.3 is 0 Å². The normalized spacial score (nSPS) is 11.3. The SMILES string of the molecule is CC(=O)c1ccc(S(=O)(=O)Nc2nnn(C)n2)cc1. The van der Waals surface area contributed by atoms with Gasteiger partial charge in [-0.25, -0.2) is 13.1 Å². The number of aryl methyl sites for hydroxylation is 1. The summed E-state index contributed by atoms with van der Waals surface area (Å²) in [6, 6.07) is 5.58. The Bertz CT molecular complexity index is 705. The molecule has 0 amide bonds. The van der Waals surface area contributed by atoms with Crippen LogP contribution in [0.5, 0.6) is 0 Å². The number of tetrazole rings is 1. The van der Waals surface area contributed by atoms with Crippen molar-refractivity contribution in [3.05, 3.63) is 29.8 Å². The molecule has 0 unspecified atom stereocenters. The van der Waals surface area contributed by atoms with E-state index < -0.39 is 10.0 Å². The van der Waals surface area contributed by atoms with E-state index in [1.165, 1.54) is 38.2 Å². The van der Waals surface area contributed by atoms with Gasteiger partial charge in [0.1, 0.15) is 0 Å². The highest BCUT2D eigenvalue weighted by Crippen LogP contribution is 2.13. The molecule has 0 aliphatic rings. The molecule has 8 nitrogen and oxygen atoms in total. The Kier molecular flexibility index (Phi) is 3.30. The Balaban J connectivity index is 2.26. The van der Waals surface area contributed by atoms with Crippen molar-refractivity contribution in [1.82, 2.24) is 20.2 Å². The molecule has 2 rings (SSSR count). The smallest absolute Gasteiger partial charge is 0.277 e. The number of carbonyl (C=O) groups excluding carboxylic acids is 1. The average Bonchev–Trinajstić information content (AvgIpc) is 2.74. The molecule has 0 saturated heterocycles. The van der Waals surface area contributed by atoms with E-state index in [1.54, 1.807) is 0 Å². The van der Waals surface area contributed by atoms with Gasteiger partial charge in [0.2, 0.25) is 0 Å². The minimum atomic E-state index is -3.78. The second-order valence-electron chi connectivity index (χ2n) is 3.79. The van der Waals surface area contributed by atoms with E-state index in [0.29, 0.717) is 5.56 Å². The maximum Gasteiger partial charge on any atom is 0.277 e. The van der Waals surface area contributed by atoms with Crippen molar-refractivity contribution in [2.75, 3.05) is 4.72 Å². The standard InChI is InChI=1S/C10H11N5O3S/c1-7(16)8-3-5-9(6-4-8)19(17,18)13-10-11-14-15(2)12-10/h3-6H,1-2H3,(H,12,13). The summed E-state index contributed by atoms with van der Waals surface area (Å²) in [5, 5.41) is 10.8. The van der Waals surface area contributed by atoms with Gasteiger partial charge in [-0.1, -0.05) is 17.2 Å². The van der Waals surface area contributed by atoms with Crippen LogP contribution in [0.2, 0.25) is 0 Å². The van der Waals surface area contributed by atoms with Crippen molar-refractivity contribution >= 4 is 21.8 Å². The Hall–Kier alpha value is -2.29. The van der Waals surface area contributed by atoms with Crippen LogP contribution < -0.4 is 4.72 Å². The summed E-state index contributed by atoms with van der Waals surface area (Å²) >= 11 is 0. The molecule has 0 bridgehead atoms. The molecule has 1 heterocycles. The molecule has 0 aliphatic carbocycles. The van der Waals surface area contributed by atoms with Crippen molar-refractivity contribution < 1.29 is 13.2 Å². The Labute approximate surface area is 109 Å². The summed E-state index contributed by atoms with van der Waals surface area (Å²) in [6.45, 7) is 1.41. The molecule has 0 atom stereocenters. The lowest BCUT2D eigenvalue weighted by Crippen LogP contribution is -2.14. The van der Waals surface area contributed by atoms with Gasteiger partial charge in [0, 0.05) is 5.56 Å². The quantitative estimate of drug-likeness (QED) is 0.803. The highest BCUT2D eigenvalue weighted by Gasteiger charge is 2.16.